The predicted molar refractivity (Wildman–Crippen MR) is 156 cm³/mol. The molecule has 0 N–H and O–H groups in total. The van der Waals surface area contributed by atoms with E-state index in [1.807, 2.05) is 50.3 Å². The third-order valence-electron chi connectivity index (χ3n) is 7.02. The van der Waals surface area contributed by atoms with E-state index in [4.69, 9.17) is 32.7 Å². The zero-order valence-corrected chi connectivity index (χ0v) is 23.4. The molecule has 200 valence electrons. The van der Waals surface area contributed by atoms with Crippen molar-refractivity contribution in [1.82, 2.24) is 0 Å². The molecule has 0 saturated heterocycles. The third kappa shape index (κ3) is 6.19. The molecule has 3 aromatic rings. The molecule has 1 aliphatic rings. The summed E-state index contributed by atoms with van der Waals surface area (Å²) >= 11 is 13.4. The number of allylic oxidation sites excluding steroid dienone is 3. The Morgan fingerprint density at radius 2 is 1.44 bits per heavy atom. The number of esters is 2. The average molecular weight is 562 g/mol. The topological polar surface area (TPSA) is 52.6 Å². The van der Waals surface area contributed by atoms with Gasteiger partial charge in [0, 0.05) is 22.7 Å². The second kappa shape index (κ2) is 13.0. The van der Waals surface area contributed by atoms with Gasteiger partial charge in [-0.25, -0.2) is 9.59 Å². The lowest BCUT2D eigenvalue weighted by molar-refractivity contribution is -0.0588. The summed E-state index contributed by atoms with van der Waals surface area (Å²) in [7, 11) is 0. The number of alkyl halides is 1. The maximum Gasteiger partial charge on any atom is 0.338 e. The van der Waals surface area contributed by atoms with Crippen molar-refractivity contribution in [2.24, 2.45) is 5.92 Å². The number of hydrogen-bond acceptors (Lipinski definition) is 4. The Bertz CT molecular complexity index is 1380. The van der Waals surface area contributed by atoms with Crippen LogP contribution in [-0.4, -0.2) is 30.0 Å². The molecule has 0 aliphatic heterocycles. The summed E-state index contributed by atoms with van der Waals surface area (Å²) in [5, 5.41) is 0.512. The van der Waals surface area contributed by atoms with Crippen molar-refractivity contribution in [2.45, 2.75) is 32.0 Å². The van der Waals surface area contributed by atoms with E-state index in [9.17, 15) is 9.59 Å². The van der Waals surface area contributed by atoms with Crippen LogP contribution in [0.4, 0.5) is 0 Å². The van der Waals surface area contributed by atoms with E-state index in [0.717, 1.165) is 22.3 Å². The first-order valence-electron chi connectivity index (χ1n) is 12.7. The van der Waals surface area contributed by atoms with E-state index in [0.29, 0.717) is 16.1 Å². The van der Waals surface area contributed by atoms with Crippen molar-refractivity contribution in [3.05, 3.63) is 142 Å². The molecule has 4 rings (SSSR count). The molecule has 3 aromatic carbocycles. The van der Waals surface area contributed by atoms with Crippen LogP contribution in [-0.2, 0) is 9.47 Å². The summed E-state index contributed by atoms with van der Waals surface area (Å²) in [5.41, 5.74) is 4.20. The summed E-state index contributed by atoms with van der Waals surface area (Å²) < 4.78 is 12.4. The number of ether oxygens (including phenoxy) is 2. The monoisotopic (exact) mass is 560 g/mol. The van der Waals surface area contributed by atoms with Gasteiger partial charge in [-0.3, -0.25) is 0 Å². The Morgan fingerprint density at radius 1 is 0.872 bits per heavy atom. The first-order chi connectivity index (χ1) is 18.9. The minimum absolute atomic E-state index is 0.162. The Hall–Kier alpha value is -3.60. The van der Waals surface area contributed by atoms with Crippen molar-refractivity contribution in [3.8, 4) is 0 Å². The highest BCUT2D eigenvalue weighted by atomic mass is 35.5. The zero-order valence-electron chi connectivity index (χ0n) is 21.9. The fourth-order valence-electron chi connectivity index (χ4n) is 5.13. The summed E-state index contributed by atoms with van der Waals surface area (Å²) in [5.74, 6) is -1.78. The minimum atomic E-state index is -0.895. The smallest absolute Gasteiger partial charge is 0.338 e. The molecule has 6 heteroatoms. The molecule has 0 heterocycles. The molecule has 4 nitrogen and oxygen atoms in total. The van der Waals surface area contributed by atoms with Crippen LogP contribution in [0.3, 0.4) is 0 Å². The van der Waals surface area contributed by atoms with E-state index in [2.05, 4.69) is 6.58 Å². The van der Waals surface area contributed by atoms with Crippen LogP contribution in [0, 0.1) is 12.8 Å². The van der Waals surface area contributed by atoms with Gasteiger partial charge in [0.15, 0.2) is 6.10 Å². The molecular weight excluding hydrogens is 531 g/mol. The number of carbonyl (C=O) groups is 2. The molecule has 0 radical (unpaired) electrons. The number of halogens is 2. The van der Waals surface area contributed by atoms with Crippen molar-refractivity contribution in [1.29, 1.82) is 0 Å². The average Bonchev–Trinajstić information content (AvgIpc) is 2.95. The van der Waals surface area contributed by atoms with Crippen LogP contribution in [0.5, 0.6) is 0 Å². The van der Waals surface area contributed by atoms with Gasteiger partial charge in [-0.2, -0.15) is 0 Å². The molecule has 0 fully saturated rings. The van der Waals surface area contributed by atoms with Gasteiger partial charge in [-0.1, -0.05) is 91.9 Å². The van der Waals surface area contributed by atoms with Crippen molar-refractivity contribution in [2.75, 3.05) is 5.88 Å². The van der Waals surface area contributed by atoms with Gasteiger partial charge >= 0.3 is 11.9 Å². The predicted octanol–water partition coefficient (Wildman–Crippen LogP) is 8.11. The Kier molecular flexibility index (Phi) is 9.45. The maximum atomic E-state index is 13.4. The largest absolute Gasteiger partial charge is 0.454 e. The van der Waals surface area contributed by atoms with Crippen LogP contribution in [0.15, 0.2) is 115 Å². The molecule has 4 unspecified atom stereocenters. The van der Waals surface area contributed by atoms with Gasteiger partial charge in [0.1, 0.15) is 6.10 Å². The van der Waals surface area contributed by atoms with Gasteiger partial charge in [-0.05, 0) is 59.5 Å². The van der Waals surface area contributed by atoms with E-state index in [1.54, 1.807) is 60.7 Å². The van der Waals surface area contributed by atoms with E-state index in [-0.39, 0.29) is 11.8 Å². The maximum absolute atomic E-state index is 13.4. The molecular formula is C33H30Cl2O4. The highest BCUT2D eigenvalue weighted by Gasteiger charge is 2.48. The number of aryl methyl sites for hydroxylation is 1. The normalized spacial score (nSPS) is 21.0. The van der Waals surface area contributed by atoms with Crippen LogP contribution in [0.1, 0.15) is 44.7 Å². The second-order valence-electron chi connectivity index (χ2n) is 9.42. The van der Waals surface area contributed by atoms with Crippen LogP contribution >= 0.6 is 23.2 Å². The third-order valence-corrected chi connectivity index (χ3v) is 7.64. The molecule has 0 aromatic heterocycles. The standard InChI is InChI=1S/C33H30Cl2O4/c1-4-5-18-25-22(3)30(38-32(36)23-14-8-6-9-15-23)31(39-33(37)24-16-10-7-11-17-24)29(26(25)20-34)28-21(2)13-12-19-27(28)35/h4-19,22,29-31H,1,20H2,2-3H3/b18-5-. The van der Waals surface area contributed by atoms with E-state index < -0.39 is 30.1 Å². The Balaban J connectivity index is 1.91. The summed E-state index contributed by atoms with van der Waals surface area (Å²) in [6, 6.07) is 23.1. The molecule has 0 saturated carbocycles. The lowest BCUT2D eigenvalue weighted by atomic mass is 9.70. The fraction of sp³-hybridized carbons (Fsp3) is 0.212. The van der Waals surface area contributed by atoms with Crippen LogP contribution in [0.25, 0.3) is 0 Å². The molecule has 4 atom stereocenters. The highest BCUT2D eigenvalue weighted by Crippen LogP contribution is 2.47. The van der Waals surface area contributed by atoms with E-state index >= 15 is 0 Å². The Labute approximate surface area is 239 Å². The van der Waals surface area contributed by atoms with Gasteiger partial charge in [0.25, 0.3) is 0 Å². The summed E-state index contributed by atoms with van der Waals surface area (Å²) in [4.78, 5) is 26.8. The molecule has 0 bridgehead atoms. The number of rotatable bonds is 8. The fourth-order valence-corrected chi connectivity index (χ4v) is 5.79. The first-order valence-corrected chi connectivity index (χ1v) is 13.6. The van der Waals surface area contributed by atoms with Gasteiger partial charge in [0.2, 0.25) is 0 Å². The molecule has 0 spiro atoms. The molecule has 1 aliphatic carbocycles. The Morgan fingerprint density at radius 3 is 1.95 bits per heavy atom. The summed E-state index contributed by atoms with van der Waals surface area (Å²) in [6.45, 7) is 7.69. The first kappa shape index (κ1) is 28.4. The van der Waals surface area contributed by atoms with Crippen molar-refractivity contribution < 1.29 is 19.1 Å². The quantitative estimate of drug-likeness (QED) is 0.158. The van der Waals surface area contributed by atoms with Crippen LogP contribution < -0.4 is 0 Å². The van der Waals surface area contributed by atoms with E-state index in [1.165, 1.54) is 0 Å². The number of carbonyl (C=O) groups excluding carboxylic acids is 2. The zero-order chi connectivity index (χ0) is 27.9. The van der Waals surface area contributed by atoms with Crippen LogP contribution in [0.2, 0.25) is 5.02 Å². The van der Waals surface area contributed by atoms with Gasteiger partial charge in [-0.15, -0.1) is 11.6 Å². The number of benzene rings is 3. The van der Waals surface area contributed by atoms with Crippen molar-refractivity contribution >= 4 is 35.1 Å². The summed E-state index contributed by atoms with van der Waals surface area (Å²) in [6.07, 6.45) is 3.69. The molecule has 39 heavy (non-hydrogen) atoms. The lowest BCUT2D eigenvalue weighted by Gasteiger charge is -2.43. The SMILES string of the molecule is C=C/C=C\C1=C(CCl)C(c2c(C)cccc2Cl)C(OC(=O)c2ccccc2)C(OC(=O)c2ccccc2)C1C. The van der Waals surface area contributed by atoms with Gasteiger partial charge < -0.3 is 9.47 Å². The highest BCUT2D eigenvalue weighted by molar-refractivity contribution is 6.31. The second-order valence-corrected chi connectivity index (χ2v) is 10.1. The van der Waals surface area contributed by atoms with Gasteiger partial charge in [0.05, 0.1) is 11.1 Å². The number of hydrogen-bond donors (Lipinski definition) is 0. The van der Waals surface area contributed by atoms with Crippen molar-refractivity contribution in [3.63, 3.8) is 0 Å². The minimum Gasteiger partial charge on any atom is -0.454 e. The lowest BCUT2D eigenvalue weighted by Crippen LogP contribution is -2.48. The molecule has 0 amide bonds.